The number of hydrogen-bond acceptors (Lipinski definition) is 7. The number of benzene rings is 1. The first-order valence-electron chi connectivity index (χ1n) is 9.94. The fourth-order valence-corrected chi connectivity index (χ4v) is 5.18. The van der Waals surface area contributed by atoms with Gasteiger partial charge in [0.1, 0.15) is 5.01 Å². The van der Waals surface area contributed by atoms with Crippen LogP contribution in [0.2, 0.25) is 0 Å². The fraction of sp³-hybridized carbons (Fsp3) is 0.429. The summed E-state index contributed by atoms with van der Waals surface area (Å²) < 4.78 is 29.2. The van der Waals surface area contributed by atoms with Crippen molar-refractivity contribution in [2.45, 2.75) is 36.7 Å². The lowest BCUT2D eigenvalue weighted by molar-refractivity contribution is 0.0626. The number of aromatic nitrogens is 3. The van der Waals surface area contributed by atoms with E-state index in [9.17, 15) is 13.5 Å². The van der Waals surface area contributed by atoms with Gasteiger partial charge in [-0.1, -0.05) is 23.5 Å². The van der Waals surface area contributed by atoms with E-state index in [1.165, 1.54) is 17.6 Å². The molecule has 1 unspecified atom stereocenters. The molecule has 1 aliphatic heterocycles. The minimum absolute atomic E-state index is 0.112. The molecule has 2 aromatic heterocycles. The molecule has 0 bridgehead atoms. The Morgan fingerprint density at radius 2 is 1.90 bits per heavy atom. The van der Waals surface area contributed by atoms with Crippen molar-refractivity contribution in [3.8, 4) is 10.7 Å². The number of aliphatic hydroxyl groups is 1. The molecule has 3 heterocycles. The van der Waals surface area contributed by atoms with E-state index < -0.39 is 9.84 Å². The Labute approximate surface area is 180 Å². The number of aromatic amines is 1. The van der Waals surface area contributed by atoms with Crippen molar-refractivity contribution < 1.29 is 18.3 Å². The molecule has 3 aromatic rings. The molecule has 30 heavy (non-hydrogen) atoms. The van der Waals surface area contributed by atoms with E-state index >= 15 is 0 Å². The van der Waals surface area contributed by atoms with Gasteiger partial charge in [-0.3, -0.25) is 0 Å². The van der Waals surface area contributed by atoms with Crippen LogP contribution in [-0.4, -0.2) is 48.2 Å². The number of aliphatic hydroxyl groups excluding tert-OH is 1. The zero-order chi connectivity index (χ0) is 21.1. The van der Waals surface area contributed by atoms with Gasteiger partial charge in [0, 0.05) is 31.1 Å². The summed E-state index contributed by atoms with van der Waals surface area (Å²) in [4.78, 5) is 3.80. The van der Waals surface area contributed by atoms with Crippen LogP contribution in [-0.2, 0) is 21.2 Å². The Morgan fingerprint density at radius 1 is 1.17 bits per heavy atom. The molecule has 7 nitrogen and oxygen atoms in total. The van der Waals surface area contributed by atoms with Crippen LogP contribution < -0.4 is 0 Å². The van der Waals surface area contributed by atoms with Gasteiger partial charge in [-0.05, 0) is 55.0 Å². The first-order valence-corrected chi connectivity index (χ1v) is 12.6. The average molecular weight is 448 g/mol. The molecule has 0 amide bonds. The Morgan fingerprint density at radius 3 is 2.53 bits per heavy atom. The highest BCUT2D eigenvalue weighted by Crippen LogP contribution is 2.36. The van der Waals surface area contributed by atoms with Crippen LogP contribution in [0.5, 0.6) is 0 Å². The smallest absolute Gasteiger partial charge is 0.175 e. The van der Waals surface area contributed by atoms with Gasteiger partial charge in [0.25, 0.3) is 0 Å². The highest BCUT2D eigenvalue weighted by Gasteiger charge is 2.24. The third kappa shape index (κ3) is 4.80. The van der Waals surface area contributed by atoms with E-state index in [4.69, 9.17) is 4.74 Å². The van der Waals surface area contributed by atoms with Crippen LogP contribution in [0.4, 0.5) is 0 Å². The first-order chi connectivity index (χ1) is 14.4. The summed E-state index contributed by atoms with van der Waals surface area (Å²) in [5.41, 5.74) is 3.01. The molecule has 0 saturated carbocycles. The van der Waals surface area contributed by atoms with Gasteiger partial charge in [-0.2, -0.15) is 0 Å². The van der Waals surface area contributed by atoms with Crippen LogP contribution in [0.25, 0.3) is 10.7 Å². The first kappa shape index (κ1) is 21.2. The van der Waals surface area contributed by atoms with Gasteiger partial charge < -0.3 is 14.8 Å². The molecule has 0 spiro atoms. The number of nitrogens with zero attached hydrogens (tertiary/aromatic N) is 2. The van der Waals surface area contributed by atoms with E-state index in [2.05, 4.69) is 21.2 Å². The summed E-state index contributed by atoms with van der Waals surface area (Å²) in [6.45, 7) is 1.45. The van der Waals surface area contributed by atoms with Crippen LogP contribution in [0.3, 0.4) is 0 Å². The van der Waals surface area contributed by atoms with Crippen molar-refractivity contribution in [2.24, 2.45) is 5.92 Å². The van der Waals surface area contributed by atoms with Gasteiger partial charge in [-0.15, -0.1) is 10.2 Å². The molecule has 1 aromatic carbocycles. The molecule has 160 valence electrons. The number of rotatable bonds is 7. The minimum Gasteiger partial charge on any atom is -0.389 e. The lowest BCUT2D eigenvalue weighted by Crippen LogP contribution is -2.18. The summed E-state index contributed by atoms with van der Waals surface area (Å²) in [7, 11) is -3.23. The van der Waals surface area contributed by atoms with Crippen molar-refractivity contribution >= 4 is 21.2 Å². The topological polar surface area (TPSA) is 105 Å². The highest BCUT2D eigenvalue weighted by atomic mass is 32.2. The Bertz CT molecular complexity index is 1080. The maximum Gasteiger partial charge on any atom is 0.175 e. The molecular weight excluding hydrogens is 422 g/mol. The van der Waals surface area contributed by atoms with Crippen LogP contribution in [0, 0.1) is 5.92 Å². The highest BCUT2D eigenvalue weighted by molar-refractivity contribution is 7.90. The summed E-state index contributed by atoms with van der Waals surface area (Å²) >= 11 is 1.36. The van der Waals surface area contributed by atoms with Crippen LogP contribution in [0.15, 0.2) is 41.3 Å². The zero-order valence-corrected chi connectivity index (χ0v) is 18.4. The lowest BCUT2D eigenvalue weighted by Gasteiger charge is -2.26. The predicted molar refractivity (Wildman–Crippen MR) is 115 cm³/mol. The number of hydrogen-bond donors (Lipinski definition) is 2. The maximum absolute atomic E-state index is 11.8. The second-order valence-electron chi connectivity index (χ2n) is 7.67. The molecule has 1 fully saturated rings. The maximum atomic E-state index is 11.8. The molecular formula is C21H25N3O4S2. The normalized spacial score (nSPS) is 16.6. The van der Waals surface area contributed by atoms with Gasteiger partial charge in [0.15, 0.2) is 14.8 Å². The number of H-pyrrole nitrogens is 1. The predicted octanol–water partition coefficient (Wildman–Crippen LogP) is 3.38. The van der Waals surface area contributed by atoms with E-state index in [0.717, 1.165) is 54.4 Å². The molecule has 1 atom stereocenters. The number of sulfone groups is 1. The molecule has 4 rings (SSSR count). The van der Waals surface area contributed by atoms with Gasteiger partial charge in [-0.25, -0.2) is 8.42 Å². The minimum atomic E-state index is -3.23. The Kier molecular flexibility index (Phi) is 6.33. The summed E-state index contributed by atoms with van der Waals surface area (Å²) in [5.74, 6) is 0.660. The second kappa shape index (κ2) is 8.97. The van der Waals surface area contributed by atoms with Gasteiger partial charge in [0.05, 0.1) is 17.2 Å². The van der Waals surface area contributed by atoms with Crippen molar-refractivity contribution in [1.82, 2.24) is 15.2 Å². The Balaban J connectivity index is 1.65. The molecule has 1 aliphatic rings. The quantitative estimate of drug-likeness (QED) is 0.575. The van der Waals surface area contributed by atoms with Crippen LogP contribution >= 0.6 is 11.3 Å². The fourth-order valence-electron chi connectivity index (χ4n) is 3.87. The SMILES string of the molecule is CS(=O)(=O)c1ccc(C(CC2CCOCC2)c2ccc(-c3nnc(CO)s3)[nH]2)cc1. The molecule has 9 heteroatoms. The summed E-state index contributed by atoms with van der Waals surface area (Å²) in [5, 5.41) is 18.7. The molecule has 2 N–H and O–H groups in total. The zero-order valence-electron chi connectivity index (χ0n) is 16.7. The van der Waals surface area contributed by atoms with E-state index in [1.807, 2.05) is 18.2 Å². The molecule has 0 radical (unpaired) electrons. The number of nitrogens with one attached hydrogen (secondary N) is 1. The average Bonchev–Trinajstić information content (AvgIpc) is 3.42. The number of ether oxygens (including phenoxy) is 1. The van der Waals surface area contributed by atoms with E-state index in [-0.39, 0.29) is 12.5 Å². The molecule has 1 saturated heterocycles. The van der Waals surface area contributed by atoms with E-state index in [0.29, 0.717) is 15.8 Å². The van der Waals surface area contributed by atoms with Crippen molar-refractivity contribution in [2.75, 3.05) is 19.5 Å². The standard InChI is InChI=1S/C21H25N3O4S2/c1-30(26,27)16-4-2-15(3-5-16)17(12-14-8-10-28-11-9-14)18-6-7-19(22-18)21-24-23-20(13-25)29-21/h2-7,14,17,22,25H,8-13H2,1H3. The van der Waals surface area contributed by atoms with Gasteiger partial charge in [0.2, 0.25) is 0 Å². The third-order valence-corrected chi connectivity index (χ3v) is 7.61. The Hall–Kier alpha value is -2.07. The van der Waals surface area contributed by atoms with Gasteiger partial charge >= 0.3 is 0 Å². The summed E-state index contributed by atoms with van der Waals surface area (Å²) in [6, 6.07) is 11.2. The van der Waals surface area contributed by atoms with E-state index in [1.54, 1.807) is 12.1 Å². The van der Waals surface area contributed by atoms with Crippen molar-refractivity contribution in [1.29, 1.82) is 0 Å². The largest absolute Gasteiger partial charge is 0.389 e. The monoisotopic (exact) mass is 447 g/mol. The summed E-state index contributed by atoms with van der Waals surface area (Å²) in [6.07, 6.45) is 4.24. The van der Waals surface area contributed by atoms with Crippen molar-refractivity contribution in [3.63, 3.8) is 0 Å². The lowest BCUT2D eigenvalue weighted by atomic mass is 9.83. The van der Waals surface area contributed by atoms with Crippen LogP contribution in [0.1, 0.15) is 41.4 Å². The van der Waals surface area contributed by atoms with Crippen molar-refractivity contribution in [3.05, 3.63) is 52.7 Å². The molecule has 0 aliphatic carbocycles. The third-order valence-electron chi connectivity index (χ3n) is 5.54. The second-order valence-corrected chi connectivity index (χ2v) is 10.7.